The van der Waals surface area contributed by atoms with E-state index in [0.29, 0.717) is 19.6 Å². The largest absolute Gasteiger partial charge is 0.461 e. The van der Waals surface area contributed by atoms with Crippen LogP contribution in [-0.4, -0.2) is 28.3 Å². The lowest BCUT2D eigenvalue weighted by atomic mass is 10.0. The van der Waals surface area contributed by atoms with Crippen molar-refractivity contribution in [2.45, 2.75) is 39.3 Å². The molecule has 1 N–H and O–H groups in total. The molecule has 0 aliphatic rings. The monoisotopic (exact) mass is 329 g/mol. The molecule has 0 radical (unpaired) electrons. The highest BCUT2D eigenvalue weighted by Crippen LogP contribution is 2.15. The first-order chi connectivity index (χ1) is 11.6. The van der Waals surface area contributed by atoms with E-state index in [1.807, 2.05) is 37.3 Å². The van der Waals surface area contributed by atoms with E-state index in [-0.39, 0.29) is 17.6 Å². The Hall–Kier alpha value is -2.63. The molecule has 128 valence electrons. The SMILES string of the molecule is CCOC(=O)c1ccn(CCC(=O)NC(CC)c2ccccc2)n1. The fourth-order valence-corrected chi connectivity index (χ4v) is 2.39. The Labute approximate surface area is 141 Å². The van der Waals surface area contributed by atoms with Gasteiger partial charge < -0.3 is 10.1 Å². The number of benzene rings is 1. The van der Waals surface area contributed by atoms with Gasteiger partial charge in [-0.25, -0.2) is 4.79 Å². The smallest absolute Gasteiger partial charge is 0.358 e. The second-order valence-electron chi connectivity index (χ2n) is 5.37. The molecule has 2 rings (SSSR count). The van der Waals surface area contributed by atoms with Gasteiger partial charge in [-0.05, 0) is 25.0 Å². The number of rotatable bonds is 8. The second kappa shape index (κ2) is 8.86. The van der Waals surface area contributed by atoms with Gasteiger partial charge in [0.1, 0.15) is 0 Å². The van der Waals surface area contributed by atoms with E-state index >= 15 is 0 Å². The standard InChI is InChI=1S/C18H23N3O3/c1-3-15(14-8-6-5-7-9-14)19-17(22)11-13-21-12-10-16(20-21)18(23)24-4-2/h5-10,12,15H,3-4,11,13H2,1-2H3,(H,19,22). The van der Waals surface area contributed by atoms with Gasteiger partial charge in [0.15, 0.2) is 5.69 Å². The van der Waals surface area contributed by atoms with Crippen LogP contribution in [0, 0.1) is 0 Å². The van der Waals surface area contributed by atoms with Crippen molar-refractivity contribution in [2.75, 3.05) is 6.61 Å². The number of hydrogen-bond donors (Lipinski definition) is 1. The molecule has 1 unspecified atom stereocenters. The Morgan fingerprint density at radius 2 is 1.96 bits per heavy atom. The molecule has 1 amide bonds. The van der Waals surface area contributed by atoms with Gasteiger partial charge in [0, 0.05) is 19.2 Å². The topological polar surface area (TPSA) is 73.2 Å². The van der Waals surface area contributed by atoms with Crippen LogP contribution in [0.1, 0.15) is 48.8 Å². The molecule has 1 atom stereocenters. The molecule has 0 aliphatic heterocycles. The van der Waals surface area contributed by atoms with E-state index in [4.69, 9.17) is 4.74 Å². The van der Waals surface area contributed by atoms with Crippen LogP contribution < -0.4 is 5.32 Å². The molecule has 1 aromatic heterocycles. The number of esters is 1. The summed E-state index contributed by atoms with van der Waals surface area (Å²) < 4.78 is 6.47. The molecule has 6 nitrogen and oxygen atoms in total. The van der Waals surface area contributed by atoms with Crippen LogP contribution in [0.15, 0.2) is 42.6 Å². The van der Waals surface area contributed by atoms with Crippen molar-refractivity contribution < 1.29 is 14.3 Å². The fraction of sp³-hybridized carbons (Fsp3) is 0.389. The fourth-order valence-electron chi connectivity index (χ4n) is 2.39. The number of carbonyl (C=O) groups excluding carboxylic acids is 2. The molecule has 1 aromatic carbocycles. The minimum Gasteiger partial charge on any atom is -0.461 e. The van der Waals surface area contributed by atoms with Crippen LogP contribution in [0.2, 0.25) is 0 Å². The number of amides is 1. The Bertz CT molecular complexity index is 667. The molecule has 0 saturated heterocycles. The Morgan fingerprint density at radius 1 is 1.21 bits per heavy atom. The quantitative estimate of drug-likeness (QED) is 0.756. The zero-order valence-electron chi connectivity index (χ0n) is 14.1. The van der Waals surface area contributed by atoms with Crippen molar-refractivity contribution in [2.24, 2.45) is 0 Å². The summed E-state index contributed by atoms with van der Waals surface area (Å²) in [6.07, 6.45) is 2.80. The van der Waals surface area contributed by atoms with E-state index in [9.17, 15) is 9.59 Å². The average molecular weight is 329 g/mol. The van der Waals surface area contributed by atoms with E-state index in [0.717, 1.165) is 12.0 Å². The van der Waals surface area contributed by atoms with Gasteiger partial charge in [0.2, 0.25) is 5.91 Å². The van der Waals surface area contributed by atoms with Crippen molar-refractivity contribution in [1.82, 2.24) is 15.1 Å². The highest BCUT2D eigenvalue weighted by molar-refractivity contribution is 5.87. The lowest BCUT2D eigenvalue weighted by Gasteiger charge is -2.17. The second-order valence-corrected chi connectivity index (χ2v) is 5.37. The third-order valence-electron chi connectivity index (χ3n) is 3.64. The van der Waals surface area contributed by atoms with Gasteiger partial charge in [-0.15, -0.1) is 0 Å². The summed E-state index contributed by atoms with van der Waals surface area (Å²) in [4.78, 5) is 23.7. The maximum absolute atomic E-state index is 12.2. The molecular weight excluding hydrogens is 306 g/mol. The van der Waals surface area contributed by atoms with Crippen LogP contribution in [0.3, 0.4) is 0 Å². The van der Waals surface area contributed by atoms with Gasteiger partial charge in [-0.2, -0.15) is 5.10 Å². The van der Waals surface area contributed by atoms with Crippen molar-refractivity contribution in [3.05, 3.63) is 53.9 Å². The predicted molar refractivity (Wildman–Crippen MR) is 90.4 cm³/mol. The van der Waals surface area contributed by atoms with Crippen molar-refractivity contribution >= 4 is 11.9 Å². The first-order valence-corrected chi connectivity index (χ1v) is 8.19. The van der Waals surface area contributed by atoms with Crippen molar-refractivity contribution in [1.29, 1.82) is 0 Å². The molecule has 0 spiro atoms. The maximum atomic E-state index is 12.2. The molecule has 2 aromatic rings. The summed E-state index contributed by atoms with van der Waals surface area (Å²) >= 11 is 0. The summed E-state index contributed by atoms with van der Waals surface area (Å²) in [6, 6.07) is 11.5. The normalized spacial score (nSPS) is 11.8. The molecule has 1 heterocycles. The van der Waals surface area contributed by atoms with Crippen molar-refractivity contribution in [3.63, 3.8) is 0 Å². The van der Waals surface area contributed by atoms with Crippen LogP contribution in [0.5, 0.6) is 0 Å². The summed E-state index contributed by atoms with van der Waals surface area (Å²) in [7, 11) is 0. The van der Waals surface area contributed by atoms with Crippen LogP contribution in [0.25, 0.3) is 0 Å². The lowest BCUT2D eigenvalue weighted by Crippen LogP contribution is -2.28. The average Bonchev–Trinajstić information content (AvgIpc) is 3.08. The predicted octanol–water partition coefficient (Wildman–Crippen LogP) is 2.72. The van der Waals surface area contributed by atoms with Gasteiger partial charge in [0.25, 0.3) is 0 Å². The maximum Gasteiger partial charge on any atom is 0.358 e. The Kier molecular flexibility index (Phi) is 6.54. The lowest BCUT2D eigenvalue weighted by molar-refractivity contribution is -0.122. The Balaban J connectivity index is 1.85. The molecule has 0 aliphatic carbocycles. The molecule has 24 heavy (non-hydrogen) atoms. The number of ether oxygens (including phenoxy) is 1. The Morgan fingerprint density at radius 3 is 2.62 bits per heavy atom. The van der Waals surface area contributed by atoms with Gasteiger partial charge >= 0.3 is 5.97 Å². The molecular formula is C18H23N3O3. The summed E-state index contributed by atoms with van der Waals surface area (Å²) in [5, 5.41) is 7.15. The summed E-state index contributed by atoms with van der Waals surface area (Å²) in [6.45, 7) is 4.51. The first kappa shape index (κ1) is 17.7. The van der Waals surface area contributed by atoms with E-state index in [2.05, 4.69) is 10.4 Å². The highest BCUT2D eigenvalue weighted by Gasteiger charge is 2.13. The third kappa shape index (κ3) is 4.94. The number of nitrogens with zero attached hydrogens (tertiary/aromatic N) is 2. The van der Waals surface area contributed by atoms with Gasteiger partial charge in [-0.3, -0.25) is 9.48 Å². The minimum absolute atomic E-state index is 0.00594. The number of hydrogen-bond acceptors (Lipinski definition) is 4. The molecule has 0 bridgehead atoms. The third-order valence-corrected chi connectivity index (χ3v) is 3.64. The van der Waals surface area contributed by atoms with Crippen molar-refractivity contribution in [3.8, 4) is 0 Å². The van der Waals surface area contributed by atoms with Crippen LogP contribution in [0.4, 0.5) is 0 Å². The number of aromatic nitrogens is 2. The van der Waals surface area contributed by atoms with Crippen LogP contribution >= 0.6 is 0 Å². The van der Waals surface area contributed by atoms with Gasteiger partial charge in [0.05, 0.1) is 12.6 Å². The zero-order chi connectivity index (χ0) is 17.4. The summed E-state index contributed by atoms with van der Waals surface area (Å²) in [5.41, 5.74) is 1.35. The van der Waals surface area contributed by atoms with Gasteiger partial charge in [-0.1, -0.05) is 37.3 Å². The minimum atomic E-state index is -0.448. The highest BCUT2D eigenvalue weighted by atomic mass is 16.5. The first-order valence-electron chi connectivity index (χ1n) is 8.19. The molecule has 6 heteroatoms. The van der Waals surface area contributed by atoms with E-state index in [1.54, 1.807) is 23.9 Å². The number of nitrogens with one attached hydrogen (secondary N) is 1. The van der Waals surface area contributed by atoms with Crippen LogP contribution in [-0.2, 0) is 16.1 Å². The zero-order valence-corrected chi connectivity index (χ0v) is 14.1. The summed E-state index contributed by atoms with van der Waals surface area (Å²) in [5.74, 6) is -0.491. The molecule has 0 saturated carbocycles. The van der Waals surface area contributed by atoms with E-state index < -0.39 is 5.97 Å². The number of aryl methyl sites for hydroxylation is 1. The molecule has 0 fully saturated rings. The van der Waals surface area contributed by atoms with E-state index in [1.165, 1.54) is 0 Å². The number of carbonyl (C=O) groups is 2.